The van der Waals surface area contributed by atoms with Gasteiger partial charge in [0.25, 0.3) is 0 Å². The van der Waals surface area contributed by atoms with Crippen LogP contribution in [0.4, 0.5) is 0 Å². The molecular weight excluding hydrogens is 268 g/mol. The Bertz CT molecular complexity index is 440. The van der Waals surface area contributed by atoms with Crippen molar-refractivity contribution >= 4 is 17.2 Å². The number of thiophene rings is 1. The van der Waals surface area contributed by atoms with Crippen LogP contribution < -0.4 is 11.1 Å². The Labute approximate surface area is 127 Å². The van der Waals surface area contributed by atoms with Crippen LogP contribution in [0.25, 0.3) is 0 Å². The van der Waals surface area contributed by atoms with Crippen molar-refractivity contribution in [2.24, 2.45) is 17.6 Å². The van der Waals surface area contributed by atoms with Gasteiger partial charge in [-0.2, -0.15) is 0 Å². The molecule has 0 aliphatic rings. The van der Waals surface area contributed by atoms with Gasteiger partial charge in [0.15, 0.2) is 0 Å². The number of amides is 1. The zero-order valence-corrected chi connectivity index (χ0v) is 14.1. The average molecular weight is 296 g/mol. The van der Waals surface area contributed by atoms with Gasteiger partial charge in [-0.25, -0.2) is 0 Å². The Morgan fingerprint density at radius 3 is 2.45 bits per heavy atom. The molecule has 0 fully saturated rings. The summed E-state index contributed by atoms with van der Waals surface area (Å²) in [5.41, 5.74) is 6.99. The second kappa shape index (κ2) is 7.79. The third-order valence-corrected chi connectivity index (χ3v) is 4.52. The minimum atomic E-state index is 0.0740. The molecule has 0 spiro atoms. The normalized spacial score (nSPS) is 14.3. The molecule has 20 heavy (non-hydrogen) atoms. The molecular formula is C16H28N2OS. The summed E-state index contributed by atoms with van der Waals surface area (Å²) in [5.74, 6) is 0.972. The molecule has 0 aliphatic carbocycles. The van der Waals surface area contributed by atoms with E-state index < -0.39 is 0 Å². The molecule has 0 aliphatic heterocycles. The highest BCUT2D eigenvalue weighted by molar-refractivity contribution is 7.12. The lowest BCUT2D eigenvalue weighted by atomic mass is 9.94. The van der Waals surface area contributed by atoms with Gasteiger partial charge in [-0.1, -0.05) is 13.8 Å². The van der Waals surface area contributed by atoms with E-state index in [9.17, 15) is 4.79 Å². The first-order chi connectivity index (χ1) is 9.33. The number of nitrogens with two attached hydrogens (primary N) is 1. The van der Waals surface area contributed by atoms with E-state index in [4.69, 9.17) is 5.73 Å². The van der Waals surface area contributed by atoms with Crippen molar-refractivity contribution < 1.29 is 4.79 Å². The van der Waals surface area contributed by atoms with Crippen LogP contribution in [0.15, 0.2) is 6.07 Å². The molecule has 1 amide bonds. The van der Waals surface area contributed by atoms with Gasteiger partial charge in [0.1, 0.15) is 0 Å². The lowest BCUT2D eigenvalue weighted by Crippen LogP contribution is -2.30. The van der Waals surface area contributed by atoms with Crippen molar-refractivity contribution in [2.45, 2.75) is 53.5 Å². The van der Waals surface area contributed by atoms with Gasteiger partial charge in [-0.05, 0) is 57.2 Å². The number of nitrogens with one attached hydrogen (secondary N) is 1. The largest absolute Gasteiger partial charge is 0.350 e. The van der Waals surface area contributed by atoms with Crippen molar-refractivity contribution in [1.29, 1.82) is 0 Å². The SMILES string of the molecule is Cc1cc(C(C)NC(=O)C[C@@H](CN)CC(C)C)c(C)s1. The minimum absolute atomic E-state index is 0.0740. The van der Waals surface area contributed by atoms with Crippen molar-refractivity contribution in [3.05, 3.63) is 21.4 Å². The van der Waals surface area contributed by atoms with Gasteiger partial charge in [-0.3, -0.25) is 4.79 Å². The second-order valence-electron chi connectivity index (χ2n) is 6.09. The maximum atomic E-state index is 12.1. The molecule has 1 unspecified atom stereocenters. The van der Waals surface area contributed by atoms with E-state index in [1.165, 1.54) is 15.3 Å². The molecule has 0 radical (unpaired) electrons. The molecule has 1 aromatic heterocycles. The predicted molar refractivity (Wildman–Crippen MR) is 87.0 cm³/mol. The molecule has 0 saturated carbocycles. The van der Waals surface area contributed by atoms with Crippen molar-refractivity contribution in [1.82, 2.24) is 5.32 Å². The highest BCUT2D eigenvalue weighted by Crippen LogP contribution is 2.26. The van der Waals surface area contributed by atoms with Crippen molar-refractivity contribution in [2.75, 3.05) is 6.54 Å². The van der Waals surface area contributed by atoms with E-state index in [2.05, 4.69) is 39.1 Å². The number of carbonyl (C=O) groups is 1. The van der Waals surface area contributed by atoms with Gasteiger partial charge in [0.05, 0.1) is 6.04 Å². The standard InChI is InChI=1S/C16H28N2OS/c1-10(2)6-14(9-17)8-16(19)18-12(4)15-7-11(3)20-13(15)5/h7,10,12,14H,6,8-9,17H2,1-5H3,(H,18,19)/t12?,14-/m0/s1. The van der Waals surface area contributed by atoms with Crippen molar-refractivity contribution in [3.8, 4) is 0 Å². The lowest BCUT2D eigenvalue weighted by molar-refractivity contribution is -0.122. The monoisotopic (exact) mass is 296 g/mol. The molecule has 0 bridgehead atoms. The lowest BCUT2D eigenvalue weighted by Gasteiger charge is -2.19. The molecule has 0 aromatic carbocycles. The summed E-state index contributed by atoms with van der Waals surface area (Å²) in [4.78, 5) is 14.7. The summed E-state index contributed by atoms with van der Waals surface area (Å²) < 4.78 is 0. The fraction of sp³-hybridized carbons (Fsp3) is 0.688. The number of hydrogen-bond donors (Lipinski definition) is 2. The zero-order valence-electron chi connectivity index (χ0n) is 13.3. The number of rotatable bonds is 7. The molecule has 3 nitrogen and oxygen atoms in total. The van der Waals surface area contributed by atoms with Gasteiger partial charge < -0.3 is 11.1 Å². The van der Waals surface area contributed by atoms with Crippen LogP contribution >= 0.6 is 11.3 Å². The third-order valence-electron chi connectivity index (χ3n) is 3.54. The third kappa shape index (κ3) is 5.25. The second-order valence-corrected chi connectivity index (χ2v) is 7.55. The molecule has 1 heterocycles. The Balaban J connectivity index is 2.55. The Morgan fingerprint density at radius 2 is 2.00 bits per heavy atom. The summed E-state index contributed by atoms with van der Waals surface area (Å²) in [6.45, 7) is 11.2. The number of carbonyl (C=O) groups excluding carboxylic acids is 1. The van der Waals surface area contributed by atoms with Crippen LogP contribution in [0, 0.1) is 25.7 Å². The van der Waals surface area contributed by atoms with Crippen LogP contribution in [0.1, 0.15) is 55.0 Å². The van der Waals surface area contributed by atoms with Gasteiger partial charge in [0, 0.05) is 16.2 Å². The molecule has 0 saturated heterocycles. The van der Waals surface area contributed by atoms with E-state index in [0.717, 1.165) is 6.42 Å². The molecule has 1 rings (SSSR count). The fourth-order valence-corrected chi connectivity index (χ4v) is 3.67. The van der Waals surface area contributed by atoms with Crippen molar-refractivity contribution in [3.63, 3.8) is 0 Å². The quantitative estimate of drug-likeness (QED) is 0.808. The van der Waals surface area contributed by atoms with Crippen LogP contribution in [0.3, 0.4) is 0 Å². The van der Waals surface area contributed by atoms with Crippen LogP contribution in [-0.4, -0.2) is 12.5 Å². The van der Waals surface area contributed by atoms with E-state index in [1.54, 1.807) is 11.3 Å². The van der Waals surface area contributed by atoms with Crippen LogP contribution in [-0.2, 0) is 4.79 Å². The molecule has 3 N–H and O–H groups in total. The highest BCUT2D eigenvalue weighted by Gasteiger charge is 2.17. The topological polar surface area (TPSA) is 55.1 Å². The Kier molecular flexibility index (Phi) is 6.69. The first-order valence-corrected chi connectivity index (χ1v) is 8.21. The smallest absolute Gasteiger partial charge is 0.220 e. The van der Waals surface area contributed by atoms with E-state index in [0.29, 0.717) is 18.9 Å². The maximum absolute atomic E-state index is 12.1. The molecule has 2 atom stereocenters. The van der Waals surface area contributed by atoms with Gasteiger partial charge >= 0.3 is 0 Å². The molecule has 114 valence electrons. The summed E-state index contributed by atoms with van der Waals surface area (Å²) >= 11 is 1.78. The number of hydrogen-bond acceptors (Lipinski definition) is 3. The highest BCUT2D eigenvalue weighted by atomic mass is 32.1. The zero-order chi connectivity index (χ0) is 15.3. The first-order valence-electron chi connectivity index (χ1n) is 7.39. The minimum Gasteiger partial charge on any atom is -0.350 e. The summed E-state index contributed by atoms with van der Waals surface area (Å²) in [6, 6.07) is 2.24. The average Bonchev–Trinajstić information content (AvgIpc) is 2.66. The Morgan fingerprint density at radius 1 is 1.35 bits per heavy atom. The summed E-state index contributed by atoms with van der Waals surface area (Å²) in [7, 11) is 0. The number of aryl methyl sites for hydroxylation is 2. The first kappa shape index (κ1) is 17.2. The van der Waals surface area contributed by atoms with E-state index >= 15 is 0 Å². The van der Waals surface area contributed by atoms with Gasteiger partial charge in [-0.15, -0.1) is 11.3 Å². The van der Waals surface area contributed by atoms with E-state index in [-0.39, 0.29) is 17.9 Å². The van der Waals surface area contributed by atoms with Crippen LogP contribution in [0.5, 0.6) is 0 Å². The fourth-order valence-electron chi connectivity index (χ4n) is 2.65. The summed E-state index contributed by atoms with van der Waals surface area (Å²) in [5, 5.41) is 3.10. The predicted octanol–water partition coefficient (Wildman–Crippen LogP) is 3.55. The summed E-state index contributed by atoms with van der Waals surface area (Å²) in [6.07, 6.45) is 1.54. The molecule has 4 heteroatoms. The van der Waals surface area contributed by atoms with E-state index in [1.807, 2.05) is 6.92 Å². The molecule has 1 aromatic rings. The van der Waals surface area contributed by atoms with Crippen LogP contribution in [0.2, 0.25) is 0 Å². The maximum Gasteiger partial charge on any atom is 0.220 e. The Hall–Kier alpha value is -0.870. The van der Waals surface area contributed by atoms with Gasteiger partial charge in [0.2, 0.25) is 5.91 Å².